The van der Waals surface area contributed by atoms with Crippen molar-refractivity contribution in [2.75, 3.05) is 6.54 Å². The van der Waals surface area contributed by atoms with Gasteiger partial charge in [-0.05, 0) is 61.6 Å². The van der Waals surface area contributed by atoms with E-state index in [0.717, 1.165) is 25.8 Å². The van der Waals surface area contributed by atoms with Crippen LogP contribution in [0.2, 0.25) is 0 Å². The molecule has 1 aromatic carbocycles. The number of nitrogens with one attached hydrogen (secondary N) is 1. The van der Waals surface area contributed by atoms with E-state index in [2.05, 4.69) is 42.6 Å². The highest BCUT2D eigenvalue weighted by Gasteiger charge is 2.51. The lowest BCUT2D eigenvalue weighted by Gasteiger charge is -2.33. The molecule has 2 heteroatoms. The molecule has 0 radical (unpaired) electrons. The third kappa shape index (κ3) is 1.97. The van der Waals surface area contributed by atoms with Crippen LogP contribution in [0.5, 0.6) is 0 Å². The van der Waals surface area contributed by atoms with Crippen LogP contribution in [0.25, 0.3) is 0 Å². The molecule has 2 nitrogen and oxygen atoms in total. The van der Waals surface area contributed by atoms with Gasteiger partial charge < -0.3 is 0 Å². The summed E-state index contributed by atoms with van der Waals surface area (Å²) >= 11 is 0. The van der Waals surface area contributed by atoms with Crippen LogP contribution in [-0.4, -0.2) is 12.1 Å². The van der Waals surface area contributed by atoms with Gasteiger partial charge in [0, 0.05) is 0 Å². The van der Waals surface area contributed by atoms with E-state index in [4.69, 9.17) is 0 Å². The highest BCUT2D eigenvalue weighted by atomic mass is 15.0. The molecule has 2 bridgehead atoms. The minimum atomic E-state index is -0.283. The van der Waals surface area contributed by atoms with Crippen molar-refractivity contribution in [3.8, 4) is 6.07 Å². The standard InChI is InChI=1S/C17H22N2/c1-2-9-19-17(12-18)15-7-8-16(17)11-14-6-4-3-5-13(14)10-15/h3-6,15-16,19H,2,7-11H2,1H3. The summed E-state index contributed by atoms with van der Waals surface area (Å²) in [5.41, 5.74) is 2.65. The molecule has 2 atom stereocenters. The Morgan fingerprint density at radius 1 is 1.21 bits per heavy atom. The minimum Gasteiger partial charge on any atom is -0.299 e. The number of nitrogens with zero attached hydrogens (tertiary/aromatic N) is 1. The summed E-state index contributed by atoms with van der Waals surface area (Å²) in [7, 11) is 0. The second kappa shape index (κ2) is 4.98. The summed E-state index contributed by atoms with van der Waals surface area (Å²) in [6, 6.07) is 11.4. The van der Waals surface area contributed by atoms with Gasteiger partial charge in [0.1, 0.15) is 5.54 Å². The SMILES string of the molecule is CCCNC1(C#N)C2CCC1Cc1ccccc1C2. The molecule has 3 rings (SSSR count). The summed E-state index contributed by atoms with van der Waals surface area (Å²) in [6.45, 7) is 3.13. The predicted molar refractivity (Wildman–Crippen MR) is 76.7 cm³/mol. The molecule has 0 amide bonds. The van der Waals surface area contributed by atoms with Crippen LogP contribution >= 0.6 is 0 Å². The summed E-state index contributed by atoms with van der Waals surface area (Å²) < 4.78 is 0. The molecule has 100 valence electrons. The molecule has 1 fully saturated rings. The molecule has 0 aromatic heterocycles. The molecule has 0 aliphatic heterocycles. The molecule has 2 aliphatic carbocycles. The van der Waals surface area contributed by atoms with Crippen molar-refractivity contribution in [1.82, 2.24) is 5.32 Å². The second-order valence-corrected chi connectivity index (χ2v) is 6.06. The molecule has 0 spiro atoms. The van der Waals surface area contributed by atoms with Crippen molar-refractivity contribution >= 4 is 0 Å². The molecule has 2 aliphatic rings. The Morgan fingerprint density at radius 2 is 1.79 bits per heavy atom. The summed E-state index contributed by atoms with van der Waals surface area (Å²) in [5.74, 6) is 0.968. The predicted octanol–water partition coefficient (Wildman–Crippen LogP) is 3.07. The number of nitriles is 1. The van der Waals surface area contributed by atoms with Gasteiger partial charge >= 0.3 is 0 Å². The van der Waals surface area contributed by atoms with E-state index in [0.29, 0.717) is 11.8 Å². The van der Waals surface area contributed by atoms with E-state index in [1.165, 1.54) is 24.0 Å². The van der Waals surface area contributed by atoms with Gasteiger partial charge in [-0.15, -0.1) is 0 Å². The van der Waals surface area contributed by atoms with Crippen molar-refractivity contribution in [2.45, 2.75) is 44.6 Å². The maximum absolute atomic E-state index is 9.84. The fourth-order valence-electron chi connectivity index (χ4n) is 4.05. The van der Waals surface area contributed by atoms with Gasteiger partial charge in [-0.3, -0.25) is 5.32 Å². The molecule has 19 heavy (non-hydrogen) atoms. The minimum absolute atomic E-state index is 0.283. The fourth-order valence-corrected chi connectivity index (χ4v) is 4.05. The zero-order valence-corrected chi connectivity index (χ0v) is 11.7. The van der Waals surface area contributed by atoms with Crippen molar-refractivity contribution in [1.29, 1.82) is 5.26 Å². The van der Waals surface area contributed by atoms with Crippen LogP contribution in [0.3, 0.4) is 0 Å². The fraction of sp³-hybridized carbons (Fsp3) is 0.588. The lowest BCUT2D eigenvalue weighted by Crippen LogP contribution is -2.52. The van der Waals surface area contributed by atoms with Crippen molar-refractivity contribution in [3.63, 3.8) is 0 Å². The number of benzene rings is 1. The molecule has 1 aromatic rings. The smallest absolute Gasteiger partial charge is 0.113 e. The number of hydrogen-bond donors (Lipinski definition) is 1. The Balaban J connectivity index is 1.96. The molecule has 1 N–H and O–H groups in total. The van der Waals surface area contributed by atoms with E-state index in [9.17, 15) is 5.26 Å². The Morgan fingerprint density at radius 3 is 2.26 bits per heavy atom. The van der Waals surface area contributed by atoms with Crippen LogP contribution in [0, 0.1) is 23.2 Å². The van der Waals surface area contributed by atoms with Gasteiger partial charge in [0.25, 0.3) is 0 Å². The van der Waals surface area contributed by atoms with Gasteiger partial charge in [-0.25, -0.2) is 0 Å². The van der Waals surface area contributed by atoms with Gasteiger partial charge in [-0.2, -0.15) is 5.26 Å². The average molecular weight is 254 g/mol. The van der Waals surface area contributed by atoms with Crippen molar-refractivity contribution in [3.05, 3.63) is 35.4 Å². The zero-order valence-electron chi connectivity index (χ0n) is 11.7. The Hall–Kier alpha value is -1.33. The Labute approximate surface area is 115 Å². The average Bonchev–Trinajstić information content (AvgIpc) is 2.68. The van der Waals surface area contributed by atoms with Crippen LogP contribution in [-0.2, 0) is 12.8 Å². The molecule has 2 unspecified atom stereocenters. The lowest BCUT2D eigenvalue weighted by atomic mass is 9.80. The molecule has 0 heterocycles. The van der Waals surface area contributed by atoms with E-state index in [1.54, 1.807) is 0 Å². The highest BCUT2D eigenvalue weighted by molar-refractivity contribution is 5.34. The van der Waals surface area contributed by atoms with Crippen LogP contribution < -0.4 is 5.32 Å². The molecule has 1 saturated carbocycles. The topological polar surface area (TPSA) is 35.8 Å². The first-order valence-electron chi connectivity index (χ1n) is 7.53. The van der Waals surface area contributed by atoms with Crippen molar-refractivity contribution < 1.29 is 0 Å². The first kappa shape index (κ1) is 12.7. The van der Waals surface area contributed by atoms with E-state index in [1.807, 2.05) is 0 Å². The maximum Gasteiger partial charge on any atom is 0.113 e. The maximum atomic E-state index is 9.84. The number of hydrogen-bond acceptors (Lipinski definition) is 2. The Kier molecular flexibility index (Phi) is 3.33. The highest BCUT2D eigenvalue weighted by Crippen LogP contribution is 2.46. The summed E-state index contributed by atoms with van der Waals surface area (Å²) in [4.78, 5) is 0. The van der Waals surface area contributed by atoms with Gasteiger partial charge in [0.05, 0.1) is 6.07 Å². The van der Waals surface area contributed by atoms with Gasteiger partial charge in [0.2, 0.25) is 0 Å². The van der Waals surface area contributed by atoms with Crippen molar-refractivity contribution in [2.24, 2.45) is 11.8 Å². The number of fused-ring (bicyclic) bond motifs is 3. The Bertz CT molecular complexity index is 467. The third-order valence-corrected chi connectivity index (χ3v) is 5.06. The lowest BCUT2D eigenvalue weighted by molar-refractivity contribution is 0.257. The van der Waals surface area contributed by atoms with E-state index >= 15 is 0 Å². The molecule has 0 saturated heterocycles. The normalized spacial score (nSPS) is 32.4. The van der Waals surface area contributed by atoms with E-state index in [-0.39, 0.29) is 5.54 Å². The van der Waals surface area contributed by atoms with E-state index < -0.39 is 0 Å². The largest absolute Gasteiger partial charge is 0.299 e. The zero-order chi connectivity index (χ0) is 13.3. The summed E-state index contributed by atoms with van der Waals surface area (Å²) in [6.07, 6.45) is 5.62. The molecular formula is C17H22N2. The van der Waals surface area contributed by atoms with Crippen LogP contribution in [0.1, 0.15) is 37.3 Å². The van der Waals surface area contributed by atoms with Crippen LogP contribution in [0.4, 0.5) is 0 Å². The second-order valence-electron chi connectivity index (χ2n) is 6.06. The first-order valence-corrected chi connectivity index (χ1v) is 7.53. The van der Waals surface area contributed by atoms with Gasteiger partial charge in [0.15, 0.2) is 0 Å². The van der Waals surface area contributed by atoms with Crippen LogP contribution in [0.15, 0.2) is 24.3 Å². The van der Waals surface area contributed by atoms with Gasteiger partial charge in [-0.1, -0.05) is 31.2 Å². The first-order chi connectivity index (χ1) is 9.30. The number of rotatable bonds is 3. The summed E-state index contributed by atoms with van der Waals surface area (Å²) in [5, 5.41) is 13.5. The molecular weight excluding hydrogens is 232 g/mol. The third-order valence-electron chi connectivity index (χ3n) is 5.06. The quantitative estimate of drug-likeness (QED) is 0.899. The monoisotopic (exact) mass is 254 g/mol.